The molecule has 3 aromatic carbocycles. The molecule has 1 aromatic heterocycles. The van der Waals surface area contributed by atoms with E-state index in [1.54, 1.807) is 45.0 Å². The first-order chi connectivity index (χ1) is 18.6. The fraction of sp³-hybridized carbons (Fsp3) is 0.267. The molecule has 9 nitrogen and oxygen atoms in total. The summed E-state index contributed by atoms with van der Waals surface area (Å²) in [6, 6.07) is 21.5. The second-order valence-corrected chi connectivity index (χ2v) is 10.4. The molecule has 1 unspecified atom stereocenters. The number of amides is 1. The number of nitrogens with one attached hydrogen (secondary N) is 1. The smallest absolute Gasteiger partial charge is 0.435 e. The molecule has 2 N–H and O–H groups in total. The van der Waals surface area contributed by atoms with Crippen LogP contribution in [0.3, 0.4) is 0 Å². The van der Waals surface area contributed by atoms with Gasteiger partial charge in [0.1, 0.15) is 18.2 Å². The summed E-state index contributed by atoms with van der Waals surface area (Å²) in [5.74, 6) is -1.40. The molecule has 1 aliphatic rings. The van der Waals surface area contributed by atoms with Crippen LogP contribution < -0.4 is 5.32 Å². The minimum Gasteiger partial charge on any atom is -0.480 e. The van der Waals surface area contributed by atoms with Gasteiger partial charge in [0.05, 0.1) is 11.2 Å². The van der Waals surface area contributed by atoms with Gasteiger partial charge >= 0.3 is 18.2 Å². The van der Waals surface area contributed by atoms with Gasteiger partial charge in [-0.25, -0.2) is 14.4 Å². The highest BCUT2D eigenvalue weighted by Gasteiger charge is 2.30. The quantitative estimate of drug-likeness (QED) is 0.347. The molecule has 1 heterocycles. The van der Waals surface area contributed by atoms with Gasteiger partial charge in [-0.3, -0.25) is 0 Å². The summed E-state index contributed by atoms with van der Waals surface area (Å²) >= 11 is 0. The number of benzene rings is 3. The molecule has 0 radical (unpaired) electrons. The number of carbonyl (C=O) groups is 3. The monoisotopic (exact) mass is 527 g/mol. The van der Waals surface area contributed by atoms with Crippen molar-refractivity contribution in [3.8, 4) is 11.1 Å². The molecular weight excluding hydrogens is 498 g/mol. The predicted molar refractivity (Wildman–Crippen MR) is 145 cm³/mol. The van der Waals surface area contributed by atoms with E-state index >= 15 is 0 Å². The van der Waals surface area contributed by atoms with Gasteiger partial charge in [-0.1, -0.05) is 66.7 Å². The number of para-hydroxylation sites is 1. The molecule has 200 valence electrons. The van der Waals surface area contributed by atoms with Crippen molar-refractivity contribution >= 4 is 29.1 Å². The third kappa shape index (κ3) is 5.34. The van der Waals surface area contributed by atoms with Crippen LogP contribution in [0.4, 0.5) is 9.59 Å². The van der Waals surface area contributed by atoms with Crippen molar-refractivity contribution in [1.82, 2.24) is 15.1 Å². The number of alkyl carbamates (subject to hydrolysis) is 1. The van der Waals surface area contributed by atoms with Gasteiger partial charge in [0.2, 0.25) is 0 Å². The summed E-state index contributed by atoms with van der Waals surface area (Å²) in [6.45, 7) is 5.30. The molecule has 0 saturated carbocycles. The summed E-state index contributed by atoms with van der Waals surface area (Å²) in [5, 5.41) is 17.3. The molecule has 0 fully saturated rings. The number of aliphatic carboxylic acids is 1. The Morgan fingerprint density at radius 3 is 2.15 bits per heavy atom. The van der Waals surface area contributed by atoms with E-state index in [9.17, 15) is 19.5 Å². The van der Waals surface area contributed by atoms with Gasteiger partial charge in [-0.05, 0) is 49.1 Å². The lowest BCUT2D eigenvalue weighted by molar-refractivity contribution is -0.139. The molecule has 1 amide bonds. The Balaban J connectivity index is 1.31. The van der Waals surface area contributed by atoms with Crippen LogP contribution in [-0.4, -0.2) is 51.3 Å². The Hall–Kier alpha value is -4.66. The SMILES string of the molecule is CC(C)(C)OC(=O)n1nc(CC(NC(=O)OCC2c3ccccc3-c3ccccc32)C(=O)O)c2ccccc21. The van der Waals surface area contributed by atoms with Crippen molar-refractivity contribution in [2.45, 2.75) is 44.8 Å². The standard InChI is InChI=1S/C30H29N3O6/c1-30(2,3)39-29(37)33-26-15-9-8-14-22(26)24(32-33)16-25(27(34)35)31-28(36)38-17-23-20-12-6-4-10-18(20)19-11-5-7-13-21(19)23/h4-15,23,25H,16-17H2,1-3H3,(H,31,36)(H,34,35). The maximum Gasteiger partial charge on any atom is 0.435 e. The van der Waals surface area contributed by atoms with Gasteiger partial charge in [0.15, 0.2) is 0 Å². The molecule has 1 aliphatic carbocycles. The summed E-state index contributed by atoms with van der Waals surface area (Å²) in [4.78, 5) is 37.6. The number of carbonyl (C=O) groups excluding carboxylic acids is 2. The van der Waals surface area contributed by atoms with Crippen LogP contribution in [0.25, 0.3) is 22.0 Å². The minimum absolute atomic E-state index is 0.0579. The van der Waals surface area contributed by atoms with Crippen LogP contribution in [0, 0.1) is 0 Å². The summed E-state index contributed by atoms with van der Waals surface area (Å²) in [6.07, 6.45) is -1.68. The van der Waals surface area contributed by atoms with Gasteiger partial charge < -0.3 is 19.9 Å². The Morgan fingerprint density at radius 1 is 0.949 bits per heavy atom. The lowest BCUT2D eigenvalue weighted by Gasteiger charge is -2.19. The first-order valence-corrected chi connectivity index (χ1v) is 12.7. The number of nitrogens with zero attached hydrogens (tertiary/aromatic N) is 2. The number of carboxylic acid groups (broad SMARTS) is 1. The van der Waals surface area contributed by atoms with Crippen LogP contribution in [0.15, 0.2) is 72.8 Å². The number of hydrogen-bond donors (Lipinski definition) is 2. The highest BCUT2D eigenvalue weighted by Crippen LogP contribution is 2.44. The second-order valence-electron chi connectivity index (χ2n) is 10.4. The van der Waals surface area contributed by atoms with Crippen LogP contribution in [-0.2, 0) is 20.7 Å². The van der Waals surface area contributed by atoms with Crippen molar-refractivity contribution < 1.29 is 29.0 Å². The number of carboxylic acids is 1. The predicted octanol–water partition coefficient (Wildman–Crippen LogP) is 5.35. The third-order valence-electron chi connectivity index (χ3n) is 6.56. The lowest BCUT2D eigenvalue weighted by Crippen LogP contribution is -2.43. The number of hydrogen-bond acceptors (Lipinski definition) is 6. The van der Waals surface area contributed by atoms with Crippen LogP contribution in [0.1, 0.15) is 43.5 Å². The van der Waals surface area contributed by atoms with E-state index in [1.165, 1.54) is 0 Å². The summed E-state index contributed by atoms with van der Waals surface area (Å²) < 4.78 is 12.1. The van der Waals surface area contributed by atoms with Crippen LogP contribution >= 0.6 is 0 Å². The fourth-order valence-corrected chi connectivity index (χ4v) is 4.90. The summed E-state index contributed by atoms with van der Waals surface area (Å²) in [7, 11) is 0. The van der Waals surface area contributed by atoms with Crippen LogP contribution in [0.2, 0.25) is 0 Å². The maximum absolute atomic E-state index is 12.8. The second kappa shape index (κ2) is 10.2. The molecule has 4 aromatic rings. The Bertz CT molecular complexity index is 1520. The zero-order valence-electron chi connectivity index (χ0n) is 21.9. The third-order valence-corrected chi connectivity index (χ3v) is 6.56. The molecular formula is C30H29N3O6. The van der Waals surface area contributed by atoms with Gasteiger partial charge in [-0.2, -0.15) is 9.78 Å². The highest BCUT2D eigenvalue weighted by atomic mass is 16.6. The first-order valence-electron chi connectivity index (χ1n) is 12.7. The van der Waals surface area contributed by atoms with Crippen molar-refractivity contribution in [3.05, 3.63) is 89.6 Å². The maximum atomic E-state index is 12.8. The van der Waals surface area contributed by atoms with Crippen molar-refractivity contribution in [2.24, 2.45) is 0 Å². The van der Waals surface area contributed by atoms with Gasteiger partial charge in [0.25, 0.3) is 0 Å². The zero-order valence-corrected chi connectivity index (χ0v) is 21.9. The molecule has 9 heteroatoms. The van der Waals surface area contributed by atoms with Crippen LogP contribution in [0.5, 0.6) is 0 Å². The first kappa shape index (κ1) is 26.0. The lowest BCUT2D eigenvalue weighted by atomic mass is 9.98. The largest absolute Gasteiger partial charge is 0.480 e. The molecule has 0 bridgehead atoms. The average molecular weight is 528 g/mol. The minimum atomic E-state index is -1.33. The van der Waals surface area contributed by atoms with Crippen molar-refractivity contribution in [3.63, 3.8) is 0 Å². The van der Waals surface area contributed by atoms with E-state index in [-0.39, 0.29) is 18.9 Å². The highest BCUT2D eigenvalue weighted by molar-refractivity contribution is 5.90. The number of ether oxygens (including phenoxy) is 2. The van der Waals surface area contributed by atoms with E-state index < -0.39 is 29.8 Å². The van der Waals surface area contributed by atoms with E-state index in [1.807, 2.05) is 48.5 Å². The van der Waals surface area contributed by atoms with Crippen molar-refractivity contribution in [2.75, 3.05) is 6.61 Å². The average Bonchev–Trinajstić information content (AvgIpc) is 3.42. The van der Waals surface area contributed by atoms with Crippen molar-refractivity contribution in [1.29, 1.82) is 0 Å². The van der Waals surface area contributed by atoms with E-state index in [0.717, 1.165) is 26.9 Å². The Labute approximate surface area is 225 Å². The topological polar surface area (TPSA) is 120 Å². The molecule has 0 aliphatic heterocycles. The molecule has 0 spiro atoms. The number of fused-ring (bicyclic) bond motifs is 4. The van der Waals surface area contributed by atoms with Gasteiger partial charge in [-0.15, -0.1) is 0 Å². The number of rotatable bonds is 6. The Kier molecular flexibility index (Phi) is 6.82. The van der Waals surface area contributed by atoms with E-state index in [0.29, 0.717) is 16.6 Å². The van der Waals surface area contributed by atoms with E-state index in [4.69, 9.17) is 9.47 Å². The van der Waals surface area contributed by atoms with E-state index in [2.05, 4.69) is 10.4 Å². The number of aromatic nitrogens is 2. The fourth-order valence-electron chi connectivity index (χ4n) is 4.90. The molecule has 5 rings (SSSR count). The normalized spacial score (nSPS) is 13.4. The summed E-state index contributed by atoms with van der Waals surface area (Å²) in [5.41, 5.74) is 4.38. The Morgan fingerprint density at radius 2 is 1.54 bits per heavy atom. The molecule has 0 saturated heterocycles. The molecule has 39 heavy (non-hydrogen) atoms. The molecule has 1 atom stereocenters. The van der Waals surface area contributed by atoms with Gasteiger partial charge in [0, 0.05) is 17.7 Å². The zero-order chi connectivity index (χ0) is 27.7.